The average molecular weight is 308 g/mol. The maximum atomic E-state index is 12.3. The van der Waals surface area contributed by atoms with E-state index < -0.39 is 0 Å². The van der Waals surface area contributed by atoms with Crippen molar-refractivity contribution < 1.29 is 9.53 Å². The van der Waals surface area contributed by atoms with E-state index in [1.165, 1.54) is 10.4 Å². The number of amides is 1. The molecule has 1 unspecified atom stereocenters. The summed E-state index contributed by atoms with van der Waals surface area (Å²) in [5, 5.41) is 5.26. The van der Waals surface area contributed by atoms with Crippen LogP contribution >= 0.6 is 11.3 Å². The minimum absolute atomic E-state index is 0.194. The summed E-state index contributed by atoms with van der Waals surface area (Å²) < 4.78 is 5.36. The Morgan fingerprint density at radius 2 is 2.29 bits per heavy atom. The maximum absolute atomic E-state index is 12.3. The Labute approximate surface area is 130 Å². The first-order valence-electron chi connectivity index (χ1n) is 7.80. The summed E-state index contributed by atoms with van der Waals surface area (Å²) in [7, 11) is 0. The van der Waals surface area contributed by atoms with Gasteiger partial charge in [-0.25, -0.2) is 0 Å². The number of morpholine rings is 1. The van der Waals surface area contributed by atoms with Crippen LogP contribution in [0.25, 0.3) is 0 Å². The van der Waals surface area contributed by atoms with Crippen molar-refractivity contribution in [2.45, 2.75) is 32.2 Å². The highest BCUT2D eigenvalue weighted by molar-refractivity contribution is 7.10. The van der Waals surface area contributed by atoms with Crippen molar-refractivity contribution in [3.8, 4) is 0 Å². The molecule has 1 aromatic rings. The molecule has 3 rings (SSSR count). The number of nitrogens with one attached hydrogen (secondary N) is 1. The van der Waals surface area contributed by atoms with Gasteiger partial charge in [0.1, 0.15) is 0 Å². The molecule has 2 heterocycles. The summed E-state index contributed by atoms with van der Waals surface area (Å²) in [4.78, 5) is 16.0. The van der Waals surface area contributed by atoms with Crippen LogP contribution in [0.15, 0.2) is 11.4 Å². The van der Waals surface area contributed by atoms with Crippen LogP contribution in [0.3, 0.4) is 0 Å². The monoisotopic (exact) mass is 308 g/mol. The molecular formula is C16H24N2O2S. The summed E-state index contributed by atoms with van der Waals surface area (Å²) in [6.45, 7) is 8.61. The fourth-order valence-electron chi connectivity index (χ4n) is 3.07. The minimum atomic E-state index is 0.194. The Morgan fingerprint density at radius 3 is 2.95 bits per heavy atom. The molecule has 0 spiro atoms. The predicted molar refractivity (Wildman–Crippen MR) is 84.8 cm³/mol. The molecule has 1 N–H and O–H groups in total. The van der Waals surface area contributed by atoms with Gasteiger partial charge in [-0.05, 0) is 37.3 Å². The van der Waals surface area contributed by atoms with Crippen LogP contribution < -0.4 is 5.32 Å². The molecule has 1 aromatic heterocycles. The topological polar surface area (TPSA) is 41.6 Å². The van der Waals surface area contributed by atoms with E-state index >= 15 is 0 Å². The molecule has 1 saturated heterocycles. The van der Waals surface area contributed by atoms with E-state index in [-0.39, 0.29) is 11.8 Å². The highest BCUT2D eigenvalue weighted by Gasteiger charge is 2.45. The van der Waals surface area contributed by atoms with Gasteiger partial charge in [0.2, 0.25) is 5.91 Å². The number of carbonyl (C=O) groups excluding carboxylic acids is 1. The second-order valence-corrected chi connectivity index (χ2v) is 7.11. The normalized spacial score (nSPS) is 27.3. The van der Waals surface area contributed by atoms with Gasteiger partial charge in [0.05, 0.1) is 13.2 Å². The molecule has 116 valence electrons. The molecule has 0 aromatic carbocycles. The largest absolute Gasteiger partial charge is 0.379 e. The number of hydrogen-bond acceptors (Lipinski definition) is 4. The SMILES string of the molecule is Cc1ccsc1[C@@H]1C[C@H]1C(=O)NCC(C)N1CCOCC1. The van der Waals surface area contributed by atoms with Gasteiger partial charge < -0.3 is 10.1 Å². The Balaban J connectivity index is 1.44. The van der Waals surface area contributed by atoms with E-state index in [2.05, 4.69) is 35.5 Å². The van der Waals surface area contributed by atoms with Crippen LogP contribution in [0.1, 0.15) is 29.7 Å². The van der Waals surface area contributed by atoms with Crippen molar-refractivity contribution in [2.24, 2.45) is 5.92 Å². The van der Waals surface area contributed by atoms with Crippen molar-refractivity contribution >= 4 is 17.2 Å². The first kappa shape index (κ1) is 15.0. The third kappa shape index (κ3) is 3.47. The van der Waals surface area contributed by atoms with Crippen LogP contribution in [0, 0.1) is 12.8 Å². The zero-order chi connectivity index (χ0) is 14.8. The molecule has 1 aliphatic heterocycles. The second kappa shape index (κ2) is 6.46. The van der Waals surface area contributed by atoms with Crippen molar-refractivity contribution in [3.05, 3.63) is 21.9 Å². The van der Waals surface area contributed by atoms with Crippen LogP contribution in [0.5, 0.6) is 0 Å². The second-order valence-electron chi connectivity index (χ2n) is 6.16. The summed E-state index contributed by atoms with van der Waals surface area (Å²) in [5.74, 6) is 0.885. The lowest BCUT2D eigenvalue weighted by atomic mass is 10.2. The number of nitrogens with zero attached hydrogens (tertiary/aromatic N) is 1. The Bertz CT molecular complexity index is 496. The first-order chi connectivity index (χ1) is 10.2. The molecule has 1 aliphatic carbocycles. The number of aryl methyl sites for hydroxylation is 1. The summed E-state index contributed by atoms with van der Waals surface area (Å²) >= 11 is 1.79. The molecule has 5 heteroatoms. The van der Waals surface area contributed by atoms with E-state index in [0.717, 1.165) is 39.3 Å². The van der Waals surface area contributed by atoms with Crippen molar-refractivity contribution in [1.82, 2.24) is 10.2 Å². The molecule has 0 bridgehead atoms. The molecular weight excluding hydrogens is 284 g/mol. The molecule has 2 aliphatic rings. The number of ether oxygens (including phenoxy) is 1. The summed E-state index contributed by atoms with van der Waals surface area (Å²) in [6.07, 6.45) is 1.01. The van der Waals surface area contributed by atoms with Gasteiger partial charge in [-0.15, -0.1) is 11.3 Å². The first-order valence-corrected chi connectivity index (χ1v) is 8.68. The number of carbonyl (C=O) groups is 1. The van der Waals surface area contributed by atoms with Gasteiger partial charge in [-0.1, -0.05) is 0 Å². The minimum Gasteiger partial charge on any atom is -0.379 e. The van der Waals surface area contributed by atoms with E-state index in [1.54, 1.807) is 11.3 Å². The van der Waals surface area contributed by atoms with Crippen molar-refractivity contribution in [1.29, 1.82) is 0 Å². The number of hydrogen-bond donors (Lipinski definition) is 1. The van der Waals surface area contributed by atoms with Gasteiger partial charge >= 0.3 is 0 Å². The van der Waals surface area contributed by atoms with Crippen LogP contribution in [-0.2, 0) is 9.53 Å². The molecule has 0 radical (unpaired) electrons. The molecule has 21 heavy (non-hydrogen) atoms. The van der Waals surface area contributed by atoms with Crippen LogP contribution in [-0.4, -0.2) is 49.7 Å². The molecule has 4 nitrogen and oxygen atoms in total. The van der Waals surface area contributed by atoms with Gasteiger partial charge in [0.25, 0.3) is 0 Å². The Kier molecular flexibility index (Phi) is 4.62. The van der Waals surface area contributed by atoms with Gasteiger partial charge in [0.15, 0.2) is 0 Å². The van der Waals surface area contributed by atoms with Crippen LogP contribution in [0.2, 0.25) is 0 Å². The molecule has 2 fully saturated rings. The zero-order valence-corrected chi connectivity index (χ0v) is 13.6. The highest BCUT2D eigenvalue weighted by Crippen LogP contribution is 2.50. The van der Waals surface area contributed by atoms with Gasteiger partial charge in [-0.2, -0.15) is 0 Å². The lowest BCUT2D eigenvalue weighted by Crippen LogP contribution is -2.47. The van der Waals surface area contributed by atoms with Crippen LogP contribution in [0.4, 0.5) is 0 Å². The summed E-state index contributed by atoms with van der Waals surface area (Å²) in [6, 6.07) is 2.53. The zero-order valence-electron chi connectivity index (χ0n) is 12.8. The standard InChI is InChI=1S/C16H24N2O2S/c1-11-3-8-21-15(11)13-9-14(13)16(19)17-10-12(2)18-4-6-20-7-5-18/h3,8,12-14H,4-7,9-10H2,1-2H3,(H,17,19)/t12?,13-,14-/m1/s1. The van der Waals surface area contributed by atoms with Gasteiger partial charge in [0, 0.05) is 42.4 Å². The maximum Gasteiger partial charge on any atom is 0.223 e. The van der Waals surface area contributed by atoms with Crippen molar-refractivity contribution in [2.75, 3.05) is 32.8 Å². The lowest BCUT2D eigenvalue weighted by Gasteiger charge is -2.32. The van der Waals surface area contributed by atoms with E-state index in [0.29, 0.717) is 12.0 Å². The third-order valence-corrected chi connectivity index (χ3v) is 5.76. The molecule has 1 amide bonds. The van der Waals surface area contributed by atoms with E-state index in [4.69, 9.17) is 4.74 Å². The van der Waals surface area contributed by atoms with Crippen molar-refractivity contribution in [3.63, 3.8) is 0 Å². The summed E-state index contributed by atoms with van der Waals surface area (Å²) in [5.41, 5.74) is 1.34. The lowest BCUT2D eigenvalue weighted by molar-refractivity contribution is -0.122. The molecule has 1 saturated carbocycles. The predicted octanol–water partition coefficient (Wildman–Crippen LogP) is 2.00. The number of rotatable bonds is 5. The smallest absolute Gasteiger partial charge is 0.223 e. The Morgan fingerprint density at radius 1 is 1.52 bits per heavy atom. The third-order valence-electron chi connectivity index (χ3n) is 4.61. The molecule has 3 atom stereocenters. The average Bonchev–Trinajstić information content (AvgIpc) is 3.20. The Hall–Kier alpha value is -0.910. The fraction of sp³-hybridized carbons (Fsp3) is 0.688. The van der Waals surface area contributed by atoms with Gasteiger partial charge in [-0.3, -0.25) is 9.69 Å². The van der Waals surface area contributed by atoms with E-state index in [1.807, 2.05) is 0 Å². The van der Waals surface area contributed by atoms with E-state index in [9.17, 15) is 4.79 Å². The fourth-order valence-corrected chi connectivity index (χ4v) is 4.17. The quantitative estimate of drug-likeness (QED) is 0.904. The highest BCUT2D eigenvalue weighted by atomic mass is 32.1. The number of thiophene rings is 1.